The topological polar surface area (TPSA) is 24.5 Å². The van der Waals surface area contributed by atoms with Crippen LogP contribution in [0.1, 0.15) is 52.9 Å². The fourth-order valence-corrected chi connectivity index (χ4v) is 3.41. The van der Waals surface area contributed by atoms with Crippen molar-refractivity contribution in [2.45, 2.75) is 71.1 Å². The van der Waals surface area contributed by atoms with Crippen LogP contribution >= 0.6 is 0 Å². The maximum atomic E-state index is 5.89. The van der Waals surface area contributed by atoms with E-state index in [4.69, 9.17) is 4.74 Å². The van der Waals surface area contributed by atoms with E-state index in [0.29, 0.717) is 12.1 Å². The lowest BCUT2D eigenvalue weighted by molar-refractivity contribution is -0.0386. The molecule has 1 saturated heterocycles. The number of nitrogens with one attached hydrogen (secondary N) is 1. The van der Waals surface area contributed by atoms with Crippen LogP contribution in [0.25, 0.3) is 0 Å². The van der Waals surface area contributed by atoms with E-state index in [-0.39, 0.29) is 0 Å². The van der Waals surface area contributed by atoms with Crippen molar-refractivity contribution in [1.29, 1.82) is 0 Å². The minimum Gasteiger partial charge on any atom is -0.374 e. The molecule has 0 spiro atoms. The van der Waals surface area contributed by atoms with Crippen LogP contribution in [0.3, 0.4) is 0 Å². The van der Waals surface area contributed by atoms with Gasteiger partial charge in [0.2, 0.25) is 0 Å². The average molecular weight is 268 g/mol. The monoisotopic (exact) mass is 268 g/mol. The molecule has 19 heavy (non-hydrogen) atoms. The average Bonchev–Trinajstić information content (AvgIpc) is 2.46. The smallest absolute Gasteiger partial charge is 0.0826 e. The van der Waals surface area contributed by atoms with E-state index in [9.17, 15) is 0 Å². The molecular formula is C16H32N2O. The maximum absolute atomic E-state index is 5.89. The van der Waals surface area contributed by atoms with Gasteiger partial charge in [0.25, 0.3) is 0 Å². The molecule has 0 aromatic carbocycles. The van der Waals surface area contributed by atoms with Crippen molar-refractivity contribution >= 4 is 0 Å². The van der Waals surface area contributed by atoms with Crippen LogP contribution < -0.4 is 5.32 Å². The standard InChI is InChI=1S/C16H32N2O/c1-4-14-5-7-15(8-6-14)17-11-16-12-18(13(2)3)9-10-19-16/h13-17H,4-12H2,1-3H3. The molecular weight excluding hydrogens is 236 g/mol. The largest absolute Gasteiger partial charge is 0.374 e. The van der Waals surface area contributed by atoms with Crippen molar-refractivity contribution in [3.8, 4) is 0 Å². The predicted octanol–water partition coefficient (Wildman–Crippen LogP) is 2.65. The second-order valence-electron chi connectivity index (χ2n) is 6.62. The number of hydrogen-bond donors (Lipinski definition) is 1. The first-order valence-corrected chi connectivity index (χ1v) is 8.28. The summed E-state index contributed by atoms with van der Waals surface area (Å²) in [7, 11) is 0. The van der Waals surface area contributed by atoms with Crippen LogP contribution in [-0.2, 0) is 4.74 Å². The van der Waals surface area contributed by atoms with Gasteiger partial charge in [-0.25, -0.2) is 0 Å². The van der Waals surface area contributed by atoms with Crippen LogP contribution in [-0.4, -0.2) is 49.3 Å². The van der Waals surface area contributed by atoms with Gasteiger partial charge in [-0.15, -0.1) is 0 Å². The summed E-state index contributed by atoms with van der Waals surface area (Å²) < 4.78 is 5.89. The Bertz CT molecular complexity index is 249. The van der Waals surface area contributed by atoms with Gasteiger partial charge in [-0.05, 0) is 45.4 Å². The van der Waals surface area contributed by atoms with Gasteiger partial charge in [0.15, 0.2) is 0 Å². The van der Waals surface area contributed by atoms with Crippen molar-refractivity contribution in [2.75, 3.05) is 26.2 Å². The molecule has 1 atom stereocenters. The Hall–Kier alpha value is -0.120. The summed E-state index contributed by atoms with van der Waals surface area (Å²) in [5.74, 6) is 0.986. The van der Waals surface area contributed by atoms with Crippen LogP contribution in [0.4, 0.5) is 0 Å². The van der Waals surface area contributed by atoms with Crippen LogP contribution in [0, 0.1) is 5.92 Å². The first-order chi connectivity index (χ1) is 9.19. The third kappa shape index (κ3) is 4.73. The lowest BCUT2D eigenvalue weighted by Crippen LogP contribution is -2.50. The second-order valence-corrected chi connectivity index (χ2v) is 6.62. The normalized spacial score (nSPS) is 33.8. The van der Waals surface area contributed by atoms with Crippen molar-refractivity contribution < 1.29 is 4.74 Å². The van der Waals surface area contributed by atoms with Gasteiger partial charge in [-0.1, -0.05) is 13.3 Å². The SMILES string of the molecule is CCC1CCC(NCC2CN(C(C)C)CCO2)CC1. The third-order valence-electron chi connectivity index (χ3n) is 4.96. The zero-order valence-electron chi connectivity index (χ0n) is 13.0. The summed E-state index contributed by atoms with van der Waals surface area (Å²) in [6, 6.07) is 1.38. The van der Waals surface area contributed by atoms with Gasteiger partial charge in [-0.3, -0.25) is 4.90 Å². The summed E-state index contributed by atoms with van der Waals surface area (Å²) in [6.45, 7) is 11.0. The van der Waals surface area contributed by atoms with Gasteiger partial charge in [0.05, 0.1) is 12.7 Å². The fraction of sp³-hybridized carbons (Fsp3) is 1.00. The first-order valence-electron chi connectivity index (χ1n) is 8.28. The zero-order chi connectivity index (χ0) is 13.7. The Morgan fingerprint density at radius 3 is 2.58 bits per heavy atom. The molecule has 1 unspecified atom stereocenters. The summed E-state index contributed by atoms with van der Waals surface area (Å²) in [6.07, 6.45) is 7.30. The Morgan fingerprint density at radius 2 is 1.95 bits per heavy atom. The summed E-state index contributed by atoms with van der Waals surface area (Å²) >= 11 is 0. The van der Waals surface area contributed by atoms with Crippen molar-refractivity contribution in [3.05, 3.63) is 0 Å². The Morgan fingerprint density at radius 1 is 1.21 bits per heavy atom. The Kier molecular flexibility index (Phi) is 6.11. The molecule has 0 radical (unpaired) electrons. The van der Waals surface area contributed by atoms with Gasteiger partial charge in [0.1, 0.15) is 0 Å². The molecule has 3 heteroatoms. The molecule has 1 aliphatic carbocycles. The number of nitrogens with zero attached hydrogens (tertiary/aromatic N) is 1. The van der Waals surface area contributed by atoms with Crippen molar-refractivity contribution in [3.63, 3.8) is 0 Å². The molecule has 1 aliphatic heterocycles. The van der Waals surface area contributed by atoms with E-state index in [1.54, 1.807) is 0 Å². The first kappa shape index (κ1) is 15.3. The van der Waals surface area contributed by atoms with E-state index in [1.807, 2.05) is 0 Å². The van der Waals surface area contributed by atoms with E-state index in [1.165, 1.54) is 32.1 Å². The molecule has 0 aromatic rings. The minimum absolute atomic E-state index is 0.389. The van der Waals surface area contributed by atoms with Gasteiger partial charge < -0.3 is 10.1 Å². The highest BCUT2D eigenvalue weighted by atomic mass is 16.5. The van der Waals surface area contributed by atoms with Crippen LogP contribution in [0.15, 0.2) is 0 Å². The number of morpholine rings is 1. The van der Waals surface area contributed by atoms with Crippen LogP contribution in [0.2, 0.25) is 0 Å². The van der Waals surface area contributed by atoms with Crippen molar-refractivity contribution in [2.24, 2.45) is 5.92 Å². The number of rotatable bonds is 5. The highest BCUT2D eigenvalue weighted by molar-refractivity contribution is 4.80. The third-order valence-corrected chi connectivity index (χ3v) is 4.96. The van der Waals surface area contributed by atoms with E-state index >= 15 is 0 Å². The molecule has 0 bridgehead atoms. The Balaban J connectivity index is 1.65. The summed E-state index contributed by atoms with van der Waals surface area (Å²) in [5, 5.41) is 3.74. The molecule has 1 saturated carbocycles. The minimum atomic E-state index is 0.389. The fourth-order valence-electron chi connectivity index (χ4n) is 3.41. The maximum Gasteiger partial charge on any atom is 0.0826 e. The van der Waals surface area contributed by atoms with E-state index in [0.717, 1.165) is 38.2 Å². The van der Waals surface area contributed by atoms with Gasteiger partial charge >= 0.3 is 0 Å². The van der Waals surface area contributed by atoms with Gasteiger partial charge in [-0.2, -0.15) is 0 Å². The zero-order valence-corrected chi connectivity index (χ0v) is 13.0. The molecule has 0 aromatic heterocycles. The molecule has 3 nitrogen and oxygen atoms in total. The van der Waals surface area contributed by atoms with Crippen molar-refractivity contribution in [1.82, 2.24) is 10.2 Å². The lowest BCUT2D eigenvalue weighted by atomic mass is 9.84. The molecule has 1 N–H and O–H groups in total. The molecule has 112 valence electrons. The molecule has 2 aliphatic rings. The summed E-state index contributed by atoms with van der Waals surface area (Å²) in [4.78, 5) is 2.53. The molecule has 2 rings (SSSR count). The van der Waals surface area contributed by atoms with E-state index in [2.05, 4.69) is 31.0 Å². The highest BCUT2D eigenvalue weighted by Crippen LogP contribution is 2.26. The quantitative estimate of drug-likeness (QED) is 0.829. The van der Waals surface area contributed by atoms with Gasteiger partial charge in [0, 0.05) is 31.7 Å². The van der Waals surface area contributed by atoms with E-state index < -0.39 is 0 Å². The number of hydrogen-bond acceptors (Lipinski definition) is 3. The molecule has 0 amide bonds. The highest BCUT2D eigenvalue weighted by Gasteiger charge is 2.24. The molecule has 1 heterocycles. The van der Waals surface area contributed by atoms with Crippen LogP contribution in [0.5, 0.6) is 0 Å². The second kappa shape index (κ2) is 7.61. The number of ether oxygens (including phenoxy) is 1. The molecule has 2 fully saturated rings. The Labute approximate surface area is 119 Å². The summed E-state index contributed by atoms with van der Waals surface area (Å²) in [5.41, 5.74) is 0. The lowest BCUT2D eigenvalue weighted by Gasteiger charge is -2.37. The predicted molar refractivity (Wildman–Crippen MR) is 80.5 cm³/mol.